The number of amides is 1. The Bertz CT molecular complexity index is 1380. The summed E-state index contributed by atoms with van der Waals surface area (Å²) in [6.07, 6.45) is 5.28. The number of carbonyl (C=O) groups is 1. The molecule has 10 heteroatoms. The highest BCUT2D eigenvalue weighted by molar-refractivity contribution is 9.11. The summed E-state index contributed by atoms with van der Waals surface area (Å²) in [5, 5.41) is 13.3. The average molecular weight is 602 g/mol. The molecule has 2 atom stereocenters. The second kappa shape index (κ2) is 9.66. The van der Waals surface area contributed by atoms with E-state index in [-0.39, 0.29) is 23.7 Å². The summed E-state index contributed by atoms with van der Waals surface area (Å²) in [7, 11) is 0. The van der Waals surface area contributed by atoms with Crippen molar-refractivity contribution in [3.8, 4) is 11.4 Å². The largest absolute Gasteiger partial charge is 0.334 e. The van der Waals surface area contributed by atoms with Crippen molar-refractivity contribution in [3.05, 3.63) is 86.6 Å². The number of piperidine rings is 1. The van der Waals surface area contributed by atoms with Crippen LogP contribution in [0.2, 0.25) is 0 Å². The van der Waals surface area contributed by atoms with E-state index in [2.05, 4.69) is 54.2 Å². The monoisotopic (exact) mass is 600 g/mol. The molecule has 0 aliphatic carbocycles. The number of rotatable bonds is 4. The van der Waals surface area contributed by atoms with Crippen molar-refractivity contribution in [3.63, 3.8) is 0 Å². The van der Waals surface area contributed by atoms with Crippen LogP contribution >= 0.6 is 31.9 Å². The van der Waals surface area contributed by atoms with Crippen molar-refractivity contribution >= 4 is 37.8 Å². The lowest BCUT2D eigenvalue weighted by Crippen LogP contribution is -2.44. The highest BCUT2D eigenvalue weighted by atomic mass is 79.9. The number of likely N-dealkylation sites (tertiary alicyclic amines) is 1. The topological polar surface area (TPSA) is 68.8 Å². The van der Waals surface area contributed by atoms with E-state index < -0.39 is 0 Å². The molecule has 2 aromatic heterocycles. The molecule has 0 saturated carbocycles. The zero-order valence-corrected chi connectivity index (χ0v) is 22.4. The Morgan fingerprint density at radius 3 is 2.60 bits per heavy atom. The van der Waals surface area contributed by atoms with Gasteiger partial charge in [0.05, 0.1) is 27.7 Å². The molecule has 0 spiro atoms. The van der Waals surface area contributed by atoms with E-state index in [9.17, 15) is 9.18 Å². The Morgan fingerprint density at radius 1 is 1.09 bits per heavy atom. The summed E-state index contributed by atoms with van der Waals surface area (Å²) in [6.45, 7) is 4.69. The van der Waals surface area contributed by atoms with Crippen molar-refractivity contribution in [2.75, 3.05) is 6.54 Å². The highest BCUT2D eigenvalue weighted by Gasteiger charge is 2.33. The maximum atomic E-state index is 13.4. The van der Waals surface area contributed by atoms with Gasteiger partial charge < -0.3 is 4.90 Å². The highest BCUT2D eigenvalue weighted by Crippen LogP contribution is 2.33. The average Bonchev–Trinajstić information content (AvgIpc) is 3.48. The predicted octanol–water partition coefficient (Wildman–Crippen LogP) is 5.83. The van der Waals surface area contributed by atoms with E-state index in [1.165, 1.54) is 12.1 Å². The Balaban J connectivity index is 1.30. The minimum absolute atomic E-state index is 0.0139. The Morgan fingerprint density at radius 2 is 1.86 bits per heavy atom. The van der Waals surface area contributed by atoms with Gasteiger partial charge in [0.25, 0.3) is 5.91 Å². The second-order valence-electron chi connectivity index (χ2n) is 8.81. The van der Waals surface area contributed by atoms with Crippen molar-refractivity contribution < 1.29 is 9.18 Å². The molecule has 0 N–H and O–H groups in total. The van der Waals surface area contributed by atoms with E-state index in [0.717, 1.165) is 34.3 Å². The van der Waals surface area contributed by atoms with Gasteiger partial charge in [0.15, 0.2) is 5.69 Å². The van der Waals surface area contributed by atoms with E-state index >= 15 is 0 Å². The lowest BCUT2D eigenvalue weighted by atomic mass is 9.89. The lowest BCUT2D eigenvalue weighted by Gasteiger charge is -2.36. The first kappa shape index (κ1) is 23.9. The molecule has 2 aromatic carbocycles. The van der Waals surface area contributed by atoms with E-state index in [4.69, 9.17) is 0 Å². The van der Waals surface area contributed by atoms with E-state index in [1.54, 1.807) is 27.7 Å². The van der Waals surface area contributed by atoms with Crippen LogP contribution < -0.4 is 0 Å². The third-order valence-corrected chi connectivity index (χ3v) is 8.06. The molecule has 2 unspecified atom stereocenters. The number of hydrogen-bond donors (Lipinski definition) is 0. The Labute approximate surface area is 219 Å². The van der Waals surface area contributed by atoms with Gasteiger partial charge in [0, 0.05) is 29.2 Å². The molecule has 1 fully saturated rings. The SMILES string of the molecule is Cc1cccc(-n2cc(C3CCN(C(=O)c4nn(-c5ccc(F)cc5)cc4Br)C(C)C3)nn2)c1Br. The number of benzene rings is 2. The van der Waals surface area contributed by atoms with Crippen LogP contribution in [0.15, 0.2) is 63.8 Å². The van der Waals surface area contributed by atoms with E-state index in [0.29, 0.717) is 22.4 Å². The molecular weight excluding hydrogens is 579 g/mol. The quantitative estimate of drug-likeness (QED) is 0.295. The summed E-state index contributed by atoms with van der Waals surface area (Å²) < 4.78 is 18.2. The van der Waals surface area contributed by atoms with Crippen LogP contribution in [0.4, 0.5) is 4.39 Å². The van der Waals surface area contributed by atoms with Crippen molar-refractivity contribution in [2.45, 2.75) is 38.6 Å². The first-order chi connectivity index (χ1) is 16.8. The molecular formula is C25H23Br2FN6O. The number of hydrogen-bond acceptors (Lipinski definition) is 4. The number of nitrogens with zero attached hydrogens (tertiary/aromatic N) is 6. The number of aryl methyl sites for hydroxylation is 1. The fourth-order valence-corrected chi connectivity index (χ4v) is 5.38. The second-order valence-corrected chi connectivity index (χ2v) is 10.5. The van der Waals surface area contributed by atoms with Gasteiger partial charge in [-0.15, -0.1) is 5.10 Å². The number of aromatic nitrogens is 5. The number of halogens is 3. The van der Waals surface area contributed by atoms with Gasteiger partial charge >= 0.3 is 0 Å². The third-order valence-electron chi connectivity index (χ3n) is 6.45. The van der Waals surface area contributed by atoms with Crippen molar-refractivity contribution in [2.24, 2.45) is 0 Å². The smallest absolute Gasteiger partial charge is 0.275 e. The van der Waals surface area contributed by atoms with Crippen LogP contribution in [0.25, 0.3) is 11.4 Å². The van der Waals surface area contributed by atoms with Gasteiger partial charge in [-0.05, 0) is 94.4 Å². The normalized spacial score (nSPS) is 18.1. The van der Waals surface area contributed by atoms with Crippen LogP contribution in [-0.4, -0.2) is 48.2 Å². The number of carbonyl (C=O) groups excluding carboxylic acids is 1. The van der Waals surface area contributed by atoms with Crippen LogP contribution in [-0.2, 0) is 0 Å². The molecule has 4 aromatic rings. The minimum Gasteiger partial charge on any atom is -0.334 e. The maximum absolute atomic E-state index is 13.4. The fraction of sp³-hybridized carbons (Fsp3) is 0.280. The Hall–Kier alpha value is -2.85. The van der Waals surface area contributed by atoms with E-state index in [1.807, 2.05) is 36.2 Å². The maximum Gasteiger partial charge on any atom is 0.275 e. The first-order valence-electron chi connectivity index (χ1n) is 11.3. The standard InChI is InChI=1S/C25H23Br2FN6O/c1-15-4-3-5-22(23(15)27)34-14-21(29-31-34)17-10-11-32(16(2)12-17)25(35)24-20(26)13-33(30-24)19-8-6-18(28)7-9-19/h3-9,13-14,16-17H,10-12H2,1-2H3. The molecule has 1 amide bonds. The summed E-state index contributed by atoms with van der Waals surface area (Å²) >= 11 is 7.11. The molecule has 180 valence electrons. The zero-order chi connectivity index (χ0) is 24.7. The van der Waals surface area contributed by atoms with Gasteiger partial charge in [0.2, 0.25) is 0 Å². The molecule has 35 heavy (non-hydrogen) atoms. The lowest BCUT2D eigenvalue weighted by molar-refractivity contribution is 0.0607. The van der Waals surface area contributed by atoms with Crippen molar-refractivity contribution in [1.29, 1.82) is 0 Å². The van der Waals surface area contributed by atoms with Crippen LogP contribution in [0.3, 0.4) is 0 Å². The van der Waals surface area contributed by atoms with Crippen LogP contribution in [0, 0.1) is 12.7 Å². The zero-order valence-electron chi connectivity index (χ0n) is 19.2. The summed E-state index contributed by atoms with van der Waals surface area (Å²) in [6, 6.07) is 12.0. The molecule has 1 saturated heterocycles. The first-order valence-corrected chi connectivity index (χ1v) is 12.9. The van der Waals surface area contributed by atoms with Crippen LogP contribution in [0.1, 0.15) is 47.4 Å². The predicted molar refractivity (Wildman–Crippen MR) is 137 cm³/mol. The van der Waals surface area contributed by atoms with Gasteiger partial charge in [-0.3, -0.25) is 4.79 Å². The summed E-state index contributed by atoms with van der Waals surface area (Å²) in [5.41, 5.74) is 4.04. The molecule has 3 heterocycles. The Kier molecular flexibility index (Phi) is 6.59. The molecule has 0 radical (unpaired) electrons. The third kappa shape index (κ3) is 4.69. The van der Waals surface area contributed by atoms with Crippen LogP contribution in [0.5, 0.6) is 0 Å². The molecule has 7 nitrogen and oxygen atoms in total. The molecule has 1 aliphatic heterocycles. The van der Waals surface area contributed by atoms with Gasteiger partial charge in [0.1, 0.15) is 5.82 Å². The fourth-order valence-electron chi connectivity index (χ4n) is 4.49. The molecule has 5 rings (SSSR count). The van der Waals surface area contributed by atoms with Crippen molar-refractivity contribution in [1.82, 2.24) is 29.7 Å². The molecule has 0 bridgehead atoms. The van der Waals surface area contributed by atoms with Gasteiger partial charge in [-0.2, -0.15) is 5.10 Å². The minimum atomic E-state index is -0.320. The van der Waals surface area contributed by atoms with Gasteiger partial charge in [-0.1, -0.05) is 17.3 Å². The molecule has 1 aliphatic rings. The van der Waals surface area contributed by atoms with Gasteiger partial charge in [-0.25, -0.2) is 13.8 Å². The summed E-state index contributed by atoms with van der Waals surface area (Å²) in [4.78, 5) is 15.2. The summed E-state index contributed by atoms with van der Waals surface area (Å²) in [5.74, 6) is -0.234.